The van der Waals surface area contributed by atoms with Crippen LogP contribution in [0.3, 0.4) is 0 Å². The number of hydrogen-bond acceptors (Lipinski definition) is 4. The Morgan fingerprint density at radius 2 is 2.22 bits per heavy atom. The van der Waals surface area contributed by atoms with Crippen molar-refractivity contribution in [3.8, 4) is 0 Å². The van der Waals surface area contributed by atoms with E-state index >= 15 is 0 Å². The van der Waals surface area contributed by atoms with Crippen molar-refractivity contribution >= 4 is 17.3 Å². The van der Waals surface area contributed by atoms with E-state index in [-0.39, 0.29) is 11.9 Å². The first-order valence-corrected chi connectivity index (χ1v) is 6.17. The van der Waals surface area contributed by atoms with E-state index in [1.807, 2.05) is 24.3 Å². The number of amides is 1. The summed E-state index contributed by atoms with van der Waals surface area (Å²) in [5.41, 5.74) is 2.02. The summed E-state index contributed by atoms with van der Waals surface area (Å²) in [4.78, 5) is 11.9. The average Bonchev–Trinajstić information content (AvgIpc) is 2.43. The minimum Gasteiger partial charge on any atom is -0.385 e. The first-order chi connectivity index (χ1) is 8.81. The third-order valence-corrected chi connectivity index (χ3v) is 2.89. The van der Waals surface area contributed by atoms with Crippen molar-refractivity contribution in [3.05, 3.63) is 24.3 Å². The second-order valence-electron chi connectivity index (χ2n) is 4.26. The van der Waals surface area contributed by atoms with E-state index in [1.54, 1.807) is 7.11 Å². The number of rotatable bonds is 5. The van der Waals surface area contributed by atoms with Gasteiger partial charge in [-0.25, -0.2) is 0 Å². The van der Waals surface area contributed by atoms with Gasteiger partial charge in [-0.05, 0) is 18.6 Å². The first-order valence-electron chi connectivity index (χ1n) is 6.17. The Kier molecular flexibility index (Phi) is 4.41. The molecule has 0 saturated heterocycles. The number of methoxy groups -OCH3 is 1. The van der Waals surface area contributed by atoms with E-state index < -0.39 is 0 Å². The van der Waals surface area contributed by atoms with Gasteiger partial charge in [-0.3, -0.25) is 4.79 Å². The highest BCUT2D eigenvalue weighted by atomic mass is 16.5. The molecule has 0 bridgehead atoms. The number of para-hydroxylation sites is 2. The number of anilines is 2. The van der Waals surface area contributed by atoms with Gasteiger partial charge in [0.15, 0.2) is 0 Å². The van der Waals surface area contributed by atoms with Gasteiger partial charge in [-0.2, -0.15) is 0 Å². The van der Waals surface area contributed by atoms with Crippen LogP contribution in [-0.4, -0.2) is 38.8 Å². The summed E-state index contributed by atoms with van der Waals surface area (Å²) in [7, 11) is 1.66. The Balaban J connectivity index is 1.83. The lowest BCUT2D eigenvalue weighted by Gasteiger charge is -2.27. The largest absolute Gasteiger partial charge is 0.385 e. The third kappa shape index (κ3) is 3.13. The molecule has 98 valence electrons. The number of benzene rings is 1. The lowest BCUT2D eigenvalue weighted by atomic mass is 10.1. The number of fused-ring (bicyclic) bond motifs is 1. The van der Waals surface area contributed by atoms with Crippen LogP contribution >= 0.6 is 0 Å². The van der Waals surface area contributed by atoms with E-state index in [2.05, 4.69) is 16.0 Å². The number of hydrogen-bond donors (Lipinski definition) is 3. The smallest absolute Gasteiger partial charge is 0.244 e. The second kappa shape index (κ2) is 6.26. The lowest BCUT2D eigenvalue weighted by molar-refractivity contribution is -0.121. The van der Waals surface area contributed by atoms with E-state index in [9.17, 15) is 4.79 Å². The van der Waals surface area contributed by atoms with Crippen molar-refractivity contribution in [1.82, 2.24) is 5.32 Å². The van der Waals surface area contributed by atoms with Crippen molar-refractivity contribution in [1.29, 1.82) is 0 Å². The Morgan fingerprint density at radius 1 is 1.44 bits per heavy atom. The summed E-state index contributed by atoms with van der Waals surface area (Å²) in [6, 6.07) is 7.66. The molecule has 1 aliphatic heterocycles. The van der Waals surface area contributed by atoms with Crippen LogP contribution in [0.2, 0.25) is 0 Å². The molecule has 5 nitrogen and oxygen atoms in total. The number of carbonyl (C=O) groups is 1. The topological polar surface area (TPSA) is 62.4 Å². The Hall–Kier alpha value is -1.75. The van der Waals surface area contributed by atoms with Crippen LogP contribution in [0, 0.1) is 0 Å². The number of nitrogens with one attached hydrogen (secondary N) is 3. The van der Waals surface area contributed by atoms with Crippen molar-refractivity contribution in [2.45, 2.75) is 12.5 Å². The van der Waals surface area contributed by atoms with E-state index in [4.69, 9.17) is 4.74 Å². The third-order valence-electron chi connectivity index (χ3n) is 2.89. The zero-order chi connectivity index (χ0) is 12.8. The fraction of sp³-hybridized carbons (Fsp3) is 0.462. The lowest BCUT2D eigenvalue weighted by Crippen LogP contribution is -2.46. The van der Waals surface area contributed by atoms with Gasteiger partial charge in [-0.15, -0.1) is 0 Å². The van der Waals surface area contributed by atoms with Gasteiger partial charge in [0.25, 0.3) is 0 Å². The van der Waals surface area contributed by atoms with E-state index in [0.29, 0.717) is 19.7 Å². The molecule has 1 heterocycles. The maximum atomic E-state index is 11.9. The molecule has 18 heavy (non-hydrogen) atoms. The molecule has 0 spiro atoms. The van der Waals surface area contributed by atoms with Gasteiger partial charge in [0.05, 0.1) is 11.4 Å². The predicted octanol–water partition coefficient (Wildman–Crippen LogP) is 1.05. The molecule has 1 amide bonds. The van der Waals surface area contributed by atoms with Crippen LogP contribution in [0.4, 0.5) is 11.4 Å². The van der Waals surface area contributed by atoms with Crippen LogP contribution in [0.15, 0.2) is 24.3 Å². The van der Waals surface area contributed by atoms with Crippen LogP contribution in [0.25, 0.3) is 0 Å². The minimum absolute atomic E-state index is 0.0214. The van der Waals surface area contributed by atoms with Gasteiger partial charge >= 0.3 is 0 Å². The number of ether oxygens (including phenoxy) is 1. The molecule has 1 aliphatic rings. The highest BCUT2D eigenvalue weighted by Crippen LogP contribution is 2.24. The highest BCUT2D eigenvalue weighted by molar-refractivity contribution is 5.88. The fourth-order valence-electron chi connectivity index (χ4n) is 1.92. The van der Waals surface area contributed by atoms with Crippen molar-refractivity contribution in [2.75, 3.05) is 37.4 Å². The zero-order valence-corrected chi connectivity index (χ0v) is 10.5. The Morgan fingerprint density at radius 3 is 3.00 bits per heavy atom. The molecule has 3 N–H and O–H groups in total. The summed E-state index contributed by atoms with van der Waals surface area (Å²) in [5.74, 6) is 0.0214. The van der Waals surface area contributed by atoms with Crippen molar-refractivity contribution in [3.63, 3.8) is 0 Å². The molecule has 0 aliphatic carbocycles. The molecule has 0 aromatic heterocycles. The van der Waals surface area contributed by atoms with Crippen molar-refractivity contribution in [2.24, 2.45) is 0 Å². The second-order valence-corrected chi connectivity index (χ2v) is 4.26. The molecule has 1 atom stereocenters. The molecule has 0 fully saturated rings. The zero-order valence-electron chi connectivity index (χ0n) is 10.5. The van der Waals surface area contributed by atoms with Gasteiger partial charge in [0.2, 0.25) is 5.91 Å². The van der Waals surface area contributed by atoms with Gasteiger partial charge < -0.3 is 20.7 Å². The van der Waals surface area contributed by atoms with Crippen LogP contribution < -0.4 is 16.0 Å². The molecule has 2 rings (SSSR count). The van der Waals surface area contributed by atoms with E-state index in [1.165, 1.54) is 0 Å². The van der Waals surface area contributed by atoms with E-state index in [0.717, 1.165) is 17.8 Å². The van der Waals surface area contributed by atoms with Crippen LogP contribution in [-0.2, 0) is 9.53 Å². The molecule has 0 saturated carbocycles. The Bertz CT molecular complexity index is 409. The molecular formula is C13H19N3O2. The molecule has 5 heteroatoms. The summed E-state index contributed by atoms with van der Waals surface area (Å²) in [6.07, 6.45) is 0.832. The standard InChI is InChI=1S/C13H19N3O2/c1-18-8-4-7-14-13(17)12-9-15-10-5-2-3-6-11(10)16-12/h2-3,5-6,12,15-16H,4,7-9H2,1H3,(H,14,17). The van der Waals surface area contributed by atoms with Gasteiger partial charge in [0, 0.05) is 26.8 Å². The Labute approximate surface area is 107 Å². The molecule has 1 unspecified atom stereocenters. The monoisotopic (exact) mass is 249 g/mol. The number of carbonyl (C=O) groups excluding carboxylic acids is 1. The SMILES string of the molecule is COCCCNC(=O)C1CNc2ccccc2N1. The highest BCUT2D eigenvalue weighted by Gasteiger charge is 2.22. The maximum absolute atomic E-state index is 11.9. The first kappa shape index (κ1) is 12.7. The normalized spacial score (nSPS) is 17.3. The maximum Gasteiger partial charge on any atom is 0.244 e. The van der Waals surface area contributed by atoms with Crippen molar-refractivity contribution < 1.29 is 9.53 Å². The molecular weight excluding hydrogens is 230 g/mol. The van der Waals surface area contributed by atoms with Crippen LogP contribution in [0.5, 0.6) is 0 Å². The summed E-state index contributed by atoms with van der Waals surface area (Å²) >= 11 is 0. The quantitative estimate of drug-likeness (QED) is 0.682. The summed E-state index contributed by atoms with van der Waals surface area (Å²) in [5, 5.41) is 9.38. The van der Waals surface area contributed by atoms with Gasteiger partial charge in [-0.1, -0.05) is 12.1 Å². The molecule has 1 aromatic carbocycles. The van der Waals surface area contributed by atoms with Gasteiger partial charge in [0.1, 0.15) is 6.04 Å². The predicted molar refractivity (Wildman–Crippen MR) is 71.8 cm³/mol. The summed E-state index contributed by atoms with van der Waals surface area (Å²) in [6.45, 7) is 1.92. The average molecular weight is 249 g/mol. The molecule has 0 radical (unpaired) electrons. The van der Waals surface area contributed by atoms with Crippen LogP contribution in [0.1, 0.15) is 6.42 Å². The molecule has 1 aromatic rings. The summed E-state index contributed by atoms with van der Waals surface area (Å²) < 4.78 is 4.94. The minimum atomic E-state index is -0.220. The fourth-order valence-corrected chi connectivity index (χ4v) is 1.92.